The Morgan fingerprint density at radius 1 is 1.05 bits per heavy atom. The number of hydrazine groups is 1. The number of rotatable bonds is 3. The molecule has 108 valence electrons. The van der Waals surface area contributed by atoms with Crippen molar-refractivity contribution in [3.05, 3.63) is 35.5 Å². The third-order valence-corrected chi connectivity index (χ3v) is 4.48. The van der Waals surface area contributed by atoms with Crippen LogP contribution in [-0.4, -0.2) is 47.7 Å². The molecule has 0 saturated carbocycles. The highest BCUT2D eigenvalue weighted by molar-refractivity contribution is 5.85. The Kier molecular flexibility index (Phi) is 3.78. The molecule has 4 nitrogen and oxygen atoms in total. The van der Waals surface area contributed by atoms with Crippen molar-refractivity contribution in [1.82, 2.24) is 19.9 Å². The van der Waals surface area contributed by atoms with Crippen LogP contribution in [-0.2, 0) is 13.6 Å². The van der Waals surface area contributed by atoms with Crippen LogP contribution in [0.1, 0.15) is 11.3 Å². The molecule has 0 atom stereocenters. The number of nitrogens with one attached hydrogen (secondary N) is 1. The summed E-state index contributed by atoms with van der Waals surface area (Å²) < 4.78 is 2.31. The van der Waals surface area contributed by atoms with E-state index in [9.17, 15) is 0 Å². The van der Waals surface area contributed by atoms with Crippen LogP contribution in [0.2, 0.25) is 0 Å². The lowest BCUT2D eigenvalue weighted by Crippen LogP contribution is -2.50. The van der Waals surface area contributed by atoms with E-state index in [-0.39, 0.29) is 0 Å². The van der Waals surface area contributed by atoms with Gasteiger partial charge in [-0.15, -0.1) is 0 Å². The zero-order chi connectivity index (χ0) is 14.1. The van der Waals surface area contributed by atoms with Gasteiger partial charge in [0.15, 0.2) is 0 Å². The van der Waals surface area contributed by atoms with Gasteiger partial charge in [0.25, 0.3) is 0 Å². The number of nitrogens with zero attached hydrogens (tertiary/aromatic N) is 3. The summed E-state index contributed by atoms with van der Waals surface area (Å²) in [4.78, 5) is 2.38. The molecule has 3 rings (SSSR count). The van der Waals surface area contributed by atoms with E-state index in [0.717, 1.165) is 32.7 Å². The van der Waals surface area contributed by atoms with E-state index in [1.165, 1.54) is 22.2 Å². The first kappa shape index (κ1) is 13.6. The van der Waals surface area contributed by atoms with Gasteiger partial charge in [0, 0.05) is 49.8 Å². The predicted molar refractivity (Wildman–Crippen MR) is 83.6 cm³/mol. The third kappa shape index (κ3) is 2.46. The minimum Gasteiger partial charge on any atom is -0.346 e. The lowest BCUT2D eigenvalue weighted by molar-refractivity contribution is 0.101. The van der Waals surface area contributed by atoms with Crippen LogP contribution in [0.15, 0.2) is 24.3 Å². The Morgan fingerprint density at radius 3 is 2.45 bits per heavy atom. The number of hydrogen-bond donors (Lipinski definition) is 1. The molecule has 1 fully saturated rings. The molecule has 1 aliphatic heterocycles. The molecule has 2 aromatic rings. The molecular formula is C16H24N4. The molecule has 0 unspecified atom stereocenters. The maximum atomic E-state index is 3.59. The number of para-hydroxylation sites is 1. The molecule has 1 N–H and O–H groups in total. The fourth-order valence-corrected chi connectivity index (χ4v) is 3.04. The fraction of sp³-hybridized carbons (Fsp3) is 0.500. The average Bonchev–Trinajstić information content (AvgIpc) is 2.71. The van der Waals surface area contributed by atoms with E-state index in [1.54, 1.807) is 0 Å². The molecular weight excluding hydrogens is 248 g/mol. The Bertz CT molecular complexity index is 555. The summed E-state index contributed by atoms with van der Waals surface area (Å²) in [5.41, 5.74) is 7.68. The molecule has 0 radical (unpaired) electrons. The van der Waals surface area contributed by atoms with Gasteiger partial charge in [-0.05, 0) is 25.6 Å². The van der Waals surface area contributed by atoms with Crippen LogP contribution < -0.4 is 5.43 Å². The van der Waals surface area contributed by atoms with Gasteiger partial charge in [0.2, 0.25) is 0 Å². The topological polar surface area (TPSA) is 23.4 Å². The van der Waals surface area contributed by atoms with Crippen molar-refractivity contribution < 1.29 is 0 Å². The Labute approximate surface area is 120 Å². The highest BCUT2D eigenvalue weighted by Crippen LogP contribution is 2.24. The Morgan fingerprint density at radius 2 is 1.75 bits per heavy atom. The standard InChI is InChI=1S/C16H24N4/c1-13-14-6-4-5-7-15(14)19(3)16(13)12-17-20-10-8-18(2)9-11-20/h4-7,17H,8-12H2,1-3H3. The third-order valence-electron chi connectivity index (χ3n) is 4.48. The van der Waals surface area contributed by atoms with Crippen LogP contribution >= 0.6 is 0 Å². The van der Waals surface area contributed by atoms with Gasteiger partial charge in [0.05, 0.1) is 6.54 Å². The first-order valence-electron chi connectivity index (χ1n) is 7.36. The van der Waals surface area contributed by atoms with Crippen molar-refractivity contribution in [2.75, 3.05) is 33.2 Å². The van der Waals surface area contributed by atoms with Crippen LogP contribution in [0.25, 0.3) is 10.9 Å². The predicted octanol–water partition coefficient (Wildman–Crippen LogP) is 1.74. The molecule has 0 aliphatic carbocycles. The largest absolute Gasteiger partial charge is 0.346 e. The second kappa shape index (κ2) is 5.56. The molecule has 1 saturated heterocycles. The van der Waals surface area contributed by atoms with E-state index in [0.29, 0.717) is 0 Å². The lowest BCUT2D eigenvalue weighted by Gasteiger charge is -2.32. The summed E-state index contributed by atoms with van der Waals surface area (Å²) in [7, 11) is 4.35. The van der Waals surface area contributed by atoms with Gasteiger partial charge in [-0.3, -0.25) is 0 Å². The SMILES string of the molecule is Cc1c(CNN2CCN(C)CC2)n(C)c2ccccc12. The number of benzene rings is 1. The van der Waals surface area contributed by atoms with E-state index in [4.69, 9.17) is 0 Å². The smallest absolute Gasteiger partial charge is 0.0509 e. The van der Waals surface area contributed by atoms with Crippen molar-refractivity contribution in [2.45, 2.75) is 13.5 Å². The van der Waals surface area contributed by atoms with Crippen molar-refractivity contribution in [2.24, 2.45) is 7.05 Å². The molecule has 0 bridgehead atoms. The number of aromatic nitrogens is 1. The van der Waals surface area contributed by atoms with Crippen molar-refractivity contribution >= 4 is 10.9 Å². The number of piperazine rings is 1. The van der Waals surface area contributed by atoms with E-state index >= 15 is 0 Å². The molecule has 2 heterocycles. The second-order valence-corrected chi connectivity index (χ2v) is 5.77. The first-order chi connectivity index (χ1) is 9.66. The maximum absolute atomic E-state index is 3.59. The van der Waals surface area contributed by atoms with Gasteiger partial charge in [-0.1, -0.05) is 18.2 Å². The Hall–Kier alpha value is -1.36. The van der Waals surface area contributed by atoms with Crippen molar-refractivity contribution in [3.63, 3.8) is 0 Å². The van der Waals surface area contributed by atoms with Crippen LogP contribution in [0, 0.1) is 6.92 Å². The summed E-state index contributed by atoms with van der Waals surface area (Å²) in [5.74, 6) is 0. The van der Waals surface area contributed by atoms with Crippen molar-refractivity contribution in [3.8, 4) is 0 Å². The van der Waals surface area contributed by atoms with E-state index in [1.807, 2.05) is 0 Å². The van der Waals surface area contributed by atoms with E-state index in [2.05, 4.69) is 65.2 Å². The number of aryl methyl sites for hydroxylation is 2. The van der Waals surface area contributed by atoms with Gasteiger partial charge in [0.1, 0.15) is 0 Å². The highest BCUT2D eigenvalue weighted by atomic mass is 15.5. The highest BCUT2D eigenvalue weighted by Gasteiger charge is 2.15. The summed E-state index contributed by atoms with van der Waals surface area (Å²) >= 11 is 0. The molecule has 0 amide bonds. The molecule has 1 aliphatic rings. The molecule has 4 heteroatoms. The second-order valence-electron chi connectivity index (χ2n) is 5.77. The zero-order valence-corrected chi connectivity index (χ0v) is 12.7. The van der Waals surface area contributed by atoms with Gasteiger partial charge >= 0.3 is 0 Å². The lowest BCUT2D eigenvalue weighted by atomic mass is 10.1. The Balaban J connectivity index is 1.74. The van der Waals surface area contributed by atoms with Crippen LogP contribution in [0.3, 0.4) is 0 Å². The van der Waals surface area contributed by atoms with Crippen molar-refractivity contribution in [1.29, 1.82) is 0 Å². The molecule has 1 aromatic carbocycles. The monoisotopic (exact) mass is 272 g/mol. The minimum absolute atomic E-state index is 0.903. The minimum atomic E-state index is 0.903. The number of likely N-dealkylation sites (N-methyl/N-ethyl adjacent to an activating group) is 1. The summed E-state index contributed by atoms with van der Waals surface area (Å²) in [6.07, 6.45) is 0. The summed E-state index contributed by atoms with van der Waals surface area (Å²) in [5, 5.41) is 3.71. The quantitative estimate of drug-likeness (QED) is 0.920. The summed E-state index contributed by atoms with van der Waals surface area (Å²) in [6.45, 7) is 7.60. The fourth-order valence-electron chi connectivity index (χ4n) is 3.04. The van der Waals surface area contributed by atoms with Gasteiger partial charge in [-0.2, -0.15) is 0 Å². The number of hydrogen-bond acceptors (Lipinski definition) is 3. The average molecular weight is 272 g/mol. The molecule has 0 spiro atoms. The first-order valence-corrected chi connectivity index (χ1v) is 7.36. The molecule has 1 aromatic heterocycles. The van der Waals surface area contributed by atoms with Crippen LogP contribution in [0.4, 0.5) is 0 Å². The number of fused-ring (bicyclic) bond motifs is 1. The zero-order valence-electron chi connectivity index (χ0n) is 12.7. The van der Waals surface area contributed by atoms with Crippen LogP contribution in [0.5, 0.6) is 0 Å². The van der Waals surface area contributed by atoms with E-state index < -0.39 is 0 Å². The normalized spacial score (nSPS) is 17.9. The van der Waals surface area contributed by atoms with Gasteiger partial charge < -0.3 is 9.47 Å². The maximum Gasteiger partial charge on any atom is 0.0509 e. The summed E-state index contributed by atoms with van der Waals surface area (Å²) in [6, 6.07) is 8.64. The molecule has 20 heavy (non-hydrogen) atoms. The van der Waals surface area contributed by atoms with Gasteiger partial charge in [-0.25, -0.2) is 10.4 Å².